The first-order valence-electron chi connectivity index (χ1n) is 10.5. The van der Waals surface area contributed by atoms with Crippen LogP contribution in [0.25, 0.3) is 0 Å². The van der Waals surface area contributed by atoms with E-state index in [1.165, 1.54) is 0 Å². The summed E-state index contributed by atoms with van der Waals surface area (Å²) >= 11 is 5.92. The molecule has 0 aliphatic carbocycles. The summed E-state index contributed by atoms with van der Waals surface area (Å²) in [7, 11) is 0. The Morgan fingerprint density at radius 1 is 0.939 bits per heavy atom. The van der Waals surface area contributed by atoms with Crippen molar-refractivity contribution >= 4 is 40.6 Å². The number of rotatable bonds is 7. The van der Waals surface area contributed by atoms with Crippen LogP contribution < -0.4 is 22.1 Å². The normalized spacial score (nSPS) is 11.0. The smallest absolute Gasteiger partial charge is 0.322 e. The van der Waals surface area contributed by atoms with Gasteiger partial charge < -0.3 is 27.0 Å². The predicted molar refractivity (Wildman–Crippen MR) is 134 cm³/mol. The highest BCUT2D eigenvalue weighted by Gasteiger charge is 2.22. The maximum absolute atomic E-state index is 12.9. The number of carbonyl (C=O) groups is 2. The second-order valence-electron chi connectivity index (χ2n) is 8.52. The lowest BCUT2D eigenvalue weighted by molar-refractivity contribution is 0.102. The van der Waals surface area contributed by atoms with E-state index in [0.717, 1.165) is 5.56 Å². The minimum Gasteiger partial charge on any atom is -0.397 e. The van der Waals surface area contributed by atoms with Gasteiger partial charge in [0.1, 0.15) is 0 Å². The average Bonchev–Trinajstić information content (AvgIpc) is 2.76. The third kappa shape index (κ3) is 7.24. The number of benzene rings is 3. The maximum atomic E-state index is 12.9. The first-order valence-corrected chi connectivity index (χ1v) is 10.8. The first kappa shape index (κ1) is 24.1. The van der Waals surface area contributed by atoms with E-state index in [4.69, 9.17) is 23.1 Å². The quantitative estimate of drug-likeness (QED) is 0.370. The molecular weight excluding hydrogens is 438 g/mol. The van der Waals surface area contributed by atoms with Crippen LogP contribution in [-0.2, 0) is 6.54 Å². The third-order valence-corrected chi connectivity index (χ3v) is 5.03. The average molecular weight is 466 g/mol. The second-order valence-corrected chi connectivity index (χ2v) is 8.96. The summed E-state index contributed by atoms with van der Waals surface area (Å²) in [6.07, 6.45) is 0. The summed E-state index contributed by atoms with van der Waals surface area (Å²) in [4.78, 5) is 27.1. The van der Waals surface area contributed by atoms with Gasteiger partial charge in [-0.3, -0.25) is 4.79 Å². The maximum Gasteiger partial charge on any atom is 0.322 e. The van der Waals surface area contributed by atoms with Crippen LogP contribution in [0, 0.1) is 0 Å². The van der Waals surface area contributed by atoms with Crippen molar-refractivity contribution in [1.29, 1.82) is 0 Å². The molecule has 0 saturated heterocycles. The van der Waals surface area contributed by atoms with Crippen LogP contribution in [0.2, 0.25) is 5.02 Å². The summed E-state index contributed by atoms with van der Waals surface area (Å²) in [5, 5.41) is 6.26. The molecule has 3 aromatic rings. The SMILES string of the molecule is CC(C)(N)CN(Cc1ccc(C(=O)Nc2ccccc2N)cc1)C(=O)Nc1ccc(Cl)cc1. The van der Waals surface area contributed by atoms with E-state index in [1.54, 1.807) is 65.6 Å². The monoisotopic (exact) mass is 465 g/mol. The molecule has 33 heavy (non-hydrogen) atoms. The molecule has 0 fully saturated rings. The number of nitrogen functional groups attached to an aromatic ring is 1. The molecule has 172 valence electrons. The van der Waals surface area contributed by atoms with Gasteiger partial charge in [-0.15, -0.1) is 0 Å². The van der Waals surface area contributed by atoms with Crippen molar-refractivity contribution in [2.75, 3.05) is 22.9 Å². The Hall–Kier alpha value is -3.55. The Kier molecular flexibility index (Phi) is 7.58. The van der Waals surface area contributed by atoms with E-state index < -0.39 is 5.54 Å². The number of para-hydroxylation sites is 2. The van der Waals surface area contributed by atoms with Crippen LogP contribution in [0.4, 0.5) is 21.9 Å². The van der Waals surface area contributed by atoms with Gasteiger partial charge in [-0.2, -0.15) is 0 Å². The van der Waals surface area contributed by atoms with Crippen molar-refractivity contribution in [2.24, 2.45) is 5.73 Å². The van der Waals surface area contributed by atoms with Crippen molar-refractivity contribution < 1.29 is 9.59 Å². The molecule has 3 rings (SSSR count). The molecular formula is C25H28ClN5O2. The van der Waals surface area contributed by atoms with E-state index in [9.17, 15) is 9.59 Å². The summed E-state index contributed by atoms with van der Waals surface area (Å²) in [6, 6.07) is 20.7. The molecule has 0 aromatic heterocycles. The zero-order valence-corrected chi connectivity index (χ0v) is 19.4. The van der Waals surface area contributed by atoms with Crippen LogP contribution in [0.3, 0.4) is 0 Å². The molecule has 0 saturated carbocycles. The van der Waals surface area contributed by atoms with Gasteiger partial charge >= 0.3 is 6.03 Å². The highest BCUT2D eigenvalue weighted by atomic mass is 35.5. The summed E-state index contributed by atoms with van der Waals surface area (Å²) < 4.78 is 0. The van der Waals surface area contributed by atoms with E-state index in [-0.39, 0.29) is 11.9 Å². The lowest BCUT2D eigenvalue weighted by Gasteiger charge is -2.30. The number of nitrogens with one attached hydrogen (secondary N) is 2. The topological polar surface area (TPSA) is 113 Å². The standard InChI is InChI=1S/C25H28ClN5O2/c1-25(2,28)16-31(24(33)29-20-13-11-19(26)12-14-20)15-17-7-9-18(10-8-17)23(32)30-22-6-4-3-5-21(22)27/h3-14H,15-16,27-28H2,1-2H3,(H,29,33)(H,30,32). The Morgan fingerprint density at radius 3 is 2.18 bits per heavy atom. The van der Waals surface area contributed by atoms with Crippen LogP contribution >= 0.6 is 11.6 Å². The van der Waals surface area contributed by atoms with E-state index >= 15 is 0 Å². The van der Waals surface area contributed by atoms with Gasteiger partial charge in [-0.25, -0.2) is 4.79 Å². The highest BCUT2D eigenvalue weighted by molar-refractivity contribution is 6.30. The number of urea groups is 1. The minimum absolute atomic E-state index is 0.264. The lowest BCUT2D eigenvalue weighted by atomic mass is 10.1. The van der Waals surface area contributed by atoms with Gasteiger partial charge in [0.05, 0.1) is 11.4 Å². The molecule has 3 aromatic carbocycles. The van der Waals surface area contributed by atoms with Crippen molar-refractivity contribution in [2.45, 2.75) is 25.9 Å². The Labute approximate surface area is 198 Å². The van der Waals surface area contributed by atoms with E-state index in [0.29, 0.717) is 40.7 Å². The lowest BCUT2D eigenvalue weighted by Crippen LogP contribution is -2.48. The van der Waals surface area contributed by atoms with Crippen LogP contribution in [0.1, 0.15) is 29.8 Å². The fourth-order valence-electron chi connectivity index (χ4n) is 3.21. The van der Waals surface area contributed by atoms with Gasteiger partial charge in [-0.1, -0.05) is 35.9 Å². The number of amides is 3. The van der Waals surface area contributed by atoms with Gasteiger partial charge in [-0.05, 0) is 67.9 Å². The van der Waals surface area contributed by atoms with Gasteiger partial charge in [0.2, 0.25) is 0 Å². The van der Waals surface area contributed by atoms with Crippen LogP contribution in [-0.4, -0.2) is 28.9 Å². The summed E-state index contributed by atoms with van der Waals surface area (Å²) in [5.41, 5.74) is 14.5. The fraction of sp³-hybridized carbons (Fsp3) is 0.200. The number of carbonyl (C=O) groups excluding carboxylic acids is 2. The second kappa shape index (κ2) is 10.4. The first-order chi connectivity index (χ1) is 15.6. The summed E-state index contributed by atoms with van der Waals surface area (Å²) in [5.74, 6) is -0.264. The largest absolute Gasteiger partial charge is 0.397 e. The molecule has 0 aliphatic heterocycles. The Bertz CT molecular complexity index is 1110. The molecule has 3 amide bonds. The Balaban J connectivity index is 1.70. The number of nitrogens with zero attached hydrogens (tertiary/aromatic N) is 1. The molecule has 0 atom stereocenters. The zero-order chi connectivity index (χ0) is 24.0. The van der Waals surface area contributed by atoms with Crippen LogP contribution in [0.15, 0.2) is 72.8 Å². The van der Waals surface area contributed by atoms with E-state index in [1.807, 2.05) is 26.0 Å². The van der Waals surface area contributed by atoms with Crippen molar-refractivity contribution in [3.63, 3.8) is 0 Å². The molecule has 0 heterocycles. The molecule has 8 heteroatoms. The molecule has 0 spiro atoms. The molecule has 7 nitrogen and oxygen atoms in total. The molecule has 0 bridgehead atoms. The van der Waals surface area contributed by atoms with Crippen molar-refractivity contribution in [1.82, 2.24) is 4.90 Å². The zero-order valence-electron chi connectivity index (χ0n) is 18.6. The number of hydrogen-bond donors (Lipinski definition) is 4. The molecule has 6 N–H and O–H groups in total. The van der Waals surface area contributed by atoms with Gasteiger partial charge in [0.25, 0.3) is 5.91 Å². The van der Waals surface area contributed by atoms with Crippen molar-refractivity contribution in [3.8, 4) is 0 Å². The Morgan fingerprint density at radius 2 is 1.58 bits per heavy atom. The van der Waals surface area contributed by atoms with Gasteiger partial charge in [0.15, 0.2) is 0 Å². The van der Waals surface area contributed by atoms with Crippen LogP contribution in [0.5, 0.6) is 0 Å². The molecule has 0 unspecified atom stereocenters. The summed E-state index contributed by atoms with van der Waals surface area (Å²) in [6.45, 7) is 4.38. The number of halogens is 1. The predicted octanol–water partition coefficient (Wildman–Crippen LogP) is 4.95. The fourth-order valence-corrected chi connectivity index (χ4v) is 3.34. The number of anilines is 3. The van der Waals surface area contributed by atoms with Gasteiger partial charge in [0, 0.05) is 34.9 Å². The van der Waals surface area contributed by atoms with E-state index in [2.05, 4.69) is 10.6 Å². The molecule has 0 aliphatic rings. The number of hydrogen-bond acceptors (Lipinski definition) is 4. The van der Waals surface area contributed by atoms with Crippen molar-refractivity contribution in [3.05, 3.63) is 88.9 Å². The highest BCUT2D eigenvalue weighted by Crippen LogP contribution is 2.19. The molecule has 0 radical (unpaired) electrons. The third-order valence-electron chi connectivity index (χ3n) is 4.78. The minimum atomic E-state index is -0.590. The number of nitrogens with two attached hydrogens (primary N) is 2.